The fourth-order valence-electron chi connectivity index (χ4n) is 3.04. The molecule has 26 heavy (non-hydrogen) atoms. The Bertz CT molecular complexity index is 1120. The summed E-state index contributed by atoms with van der Waals surface area (Å²) in [5, 5.41) is 13.2. The molecule has 130 valence electrons. The van der Waals surface area contributed by atoms with Gasteiger partial charge in [0.2, 0.25) is 5.95 Å². The molecule has 0 spiro atoms. The molecule has 0 radical (unpaired) electrons. The second kappa shape index (κ2) is 6.48. The van der Waals surface area contributed by atoms with Gasteiger partial charge in [0, 0.05) is 11.9 Å². The molecule has 0 amide bonds. The van der Waals surface area contributed by atoms with E-state index in [4.69, 9.17) is 9.72 Å². The van der Waals surface area contributed by atoms with E-state index in [1.165, 1.54) is 0 Å². The lowest BCUT2D eigenvalue weighted by Crippen LogP contribution is -2.08. The number of aromatic nitrogens is 4. The van der Waals surface area contributed by atoms with Crippen molar-refractivity contribution < 1.29 is 4.74 Å². The number of nitrogens with one attached hydrogen (secondary N) is 1. The summed E-state index contributed by atoms with van der Waals surface area (Å²) in [4.78, 5) is 4.78. The molecule has 6 heteroatoms. The first-order valence-corrected chi connectivity index (χ1v) is 8.36. The molecular formula is C20H19N5O. The van der Waals surface area contributed by atoms with Crippen molar-refractivity contribution in [3.8, 4) is 17.1 Å². The Morgan fingerprint density at radius 2 is 2.04 bits per heavy atom. The summed E-state index contributed by atoms with van der Waals surface area (Å²) in [7, 11) is 1.65. The van der Waals surface area contributed by atoms with Gasteiger partial charge in [-0.2, -0.15) is 0 Å². The van der Waals surface area contributed by atoms with Gasteiger partial charge < -0.3 is 10.1 Å². The van der Waals surface area contributed by atoms with Gasteiger partial charge >= 0.3 is 0 Å². The summed E-state index contributed by atoms with van der Waals surface area (Å²) in [6.45, 7) is 6.41. The van der Waals surface area contributed by atoms with Crippen LogP contribution in [0.1, 0.15) is 5.56 Å². The largest absolute Gasteiger partial charge is 0.496 e. The van der Waals surface area contributed by atoms with Crippen molar-refractivity contribution in [2.24, 2.45) is 0 Å². The monoisotopic (exact) mass is 345 g/mol. The van der Waals surface area contributed by atoms with Gasteiger partial charge in [-0.3, -0.25) is 0 Å². The molecule has 0 unspecified atom stereocenters. The minimum absolute atomic E-state index is 0.586. The quantitative estimate of drug-likeness (QED) is 0.557. The van der Waals surface area contributed by atoms with Gasteiger partial charge in [-0.05, 0) is 31.2 Å². The van der Waals surface area contributed by atoms with E-state index >= 15 is 0 Å². The van der Waals surface area contributed by atoms with Crippen LogP contribution in [0.5, 0.6) is 5.75 Å². The zero-order chi connectivity index (χ0) is 18.1. The van der Waals surface area contributed by atoms with Crippen molar-refractivity contribution in [1.82, 2.24) is 19.6 Å². The molecule has 0 bridgehead atoms. The van der Waals surface area contributed by atoms with E-state index < -0.39 is 0 Å². The number of hydrogen-bond acceptors (Lipinski definition) is 5. The van der Waals surface area contributed by atoms with Gasteiger partial charge in [-0.1, -0.05) is 29.8 Å². The lowest BCUT2D eigenvalue weighted by molar-refractivity contribution is 0.416. The van der Waals surface area contributed by atoms with Crippen LogP contribution in [0.3, 0.4) is 0 Å². The van der Waals surface area contributed by atoms with Crippen LogP contribution < -0.4 is 10.1 Å². The van der Waals surface area contributed by atoms with Crippen LogP contribution in [0.15, 0.2) is 55.1 Å². The molecule has 4 aromatic rings. The maximum Gasteiger partial charge on any atom is 0.211 e. The molecule has 0 saturated heterocycles. The van der Waals surface area contributed by atoms with E-state index in [-0.39, 0.29) is 0 Å². The molecule has 2 heterocycles. The van der Waals surface area contributed by atoms with E-state index in [1.54, 1.807) is 13.2 Å². The zero-order valence-electron chi connectivity index (χ0n) is 14.7. The SMILES string of the molecule is C=CCNc1nc2ccc(C)cc2c2nnc(-c3ccccc3OC)n12. The van der Waals surface area contributed by atoms with Gasteiger partial charge in [0.15, 0.2) is 11.5 Å². The van der Waals surface area contributed by atoms with E-state index in [9.17, 15) is 0 Å². The third kappa shape index (κ3) is 2.56. The molecule has 0 saturated carbocycles. The third-order valence-electron chi connectivity index (χ3n) is 4.25. The van der Waals surface area contributed by atoms with Crippen LogP contribution >= 0.6 is 0 Å². The lowest BCUT2D eigenvalue weighted by atomic mass is 10.1. The first-order valence-electron chi connectivity index (χ1n) is 8.36. The summed E-state index contributed by atoms with van der Waals surface area (Å²) in [5.41, 5.74) is 3.63. The molecule has 0 atom stereocenters. The molecule has 2 aromatic heterocycles. The Balaban J connectivity index is 2.07. The standard InChI is InChI=1S/C20H19N5O/c1-4-11-21-20-22-16-10-9-13(2)12-15(16)19-24-23-18(25(19)20)14-7-5-6-8-17(14)26-3/h4-10,12H,1,11H2,2-3H3,(H,21,22). The number of anilines is 1. The summed E-state index contributed by atoms with van der Waals surface area (Å²) in [6, 6.07) is 13.9. The maximum absolute atomic E-state index is 5.51. The van der Waals surface area contributed by atoms with Gasteiger partial charge in [-0.25, -0.2) is 9.38 Å². The molecular weight excluding hydrogens is 326 g/mol. The molecule has 6 nitrogen and oxygen atoms in total. The topological polar surface area (TPSA) is 64.3 Å². The second-order valence-corrected chi connectivity index (χ2v) is 6.01. The number of hydrogen-bond donors (Lipinski definition) is 1. The lowest BCUT2D eigenvalue weighted by Gasteiger charge is -2.12. The van der Waals surface area contributed by atoms with Gasteiger partial charge in [0.05, 0.1) is 18.2 Å². The predicted octanol–water partition coefficient (Wildman–Crippen LogP) is 3.86. The number of fused-ring (bicyclic) bond motifs is 3. The summed E-state index contributed by atoms with van der Waals surface area (Å²) in [6.07, 6.45) is 1.79. The molecule has 2 aromatic carbocycles. The molecule has 0 aliphatic carbocycles. The minimum atomic E-state index is 0.586. The highest BCUT2D eigenvalue weighted by Crippen LogP contribution is 2.32. The highest BCUT2D eigenvalue weighted by Gasteiger charge is 2.18. The minimum Gasteiger partial charge on any atom is -0.496 e. The van der Waals surface area contributed by atoms with Crippen LogP contribution in [0.4, 0.5) is 5.95 Å². The second-order valence-electron chi connectivity index (χ2n) is 6.01. The molecule has 0 fully saturated rings. The van der Waals surface area contributed by atoms with E-state index in [2.05, 4.69) is 35.1 Å². The van der Waals surface area contributed by atoms with Gasteiger partial charge in [0.25, 0.3) is 0 Å². The molecule has 0 aliphatic heterocycles. The Labute approximate surface area is 151 Å². The van der Waals surface area contributed by atoms with Crippen LogP contribution in [-0.2, 0) is 0 Å². The van der Waals surface area contributed by atoms with Gasteiger partial charge in [-0.15, -0.1) is 16.8 Å². The highest BCUT2D eigenvalue weighted by atomic mass is 16.5. The Kier molecular flexibility index (Phi) is 4.01. The Morgan fingerprint density at radius 1 is 1.19 bits per heavy atom. The van der Waals surface area contributed by atoms with Crippen LogP contribution in [0.25, 0.3) is 27.9 Å². The van der Waals surface area contributed by atoms with Crippen molar-refractivity contribution in [3.05, 3.63) is 60.7 Å². The Hall–Kier alpha value is -3.41. The molecule has 4 rings (SSSR count). The smallest absolute Gasteiger partial charge is 0.211 e. The normalized spacial score (nSPS) is 11.0. The van der Waals surface area contributed by atoms with Crippen molar-refractivity contribution in [2.45, 2.75) is 6.92 Å². The average molecular weight is 345 g/mol. The summed E-state index contributed by atoms with van der Waals surface area (Å²) >= 11 is 0. The van der Waals surface area contributed by atoms with Gasteiger partial charge in [0.1, 0.15) is 5.75 Å². The third-order valence-corrected chi connectivity index (χ3v) is 4.25. The fraction of sp³-hybridized carbons (Fsp3) is 0.150. The Morgan fingerprint density at radius 3 is 2.85 bits per heavy atom. The molecule has 0 aliphatic rings. The van der Waals surface area contributed by atoms with Crippen LogP contribution in [0, 0.1) is 6.92 Å². The zero-order valence-corrected chi connectivity index (χ0v) is 14.7. The number of para-hydroxylation sites is 1. The number of nitrogens with zero attached hydrogens (tertiary/aromatic N) is 4. The van der Waals surface area contributed by atoms with Crippen molar-refractivity contribution in [2.75, 3.05) is 19.0 Å². The summed E-state index contributed by atoms with van der Waals surface area (Å²) < 4.78 is 7.44. The number of methoxy groups -OCH3 is 1. The van der Waals surface area contributed by atoms with E-state index in [0.717, 1.165) is 33.4 Å². The molecule has 1 N–H and O–H groups in total. The van der Waals surface area contributed by atoms with Crippen molar-refractivity contribution in [1.29, 1.82) is 0 Å². The number of rotatable bonds is 5. The van der Waals surface area contributed by atoms with Crippen LogP contribution in [-0.4, -0.2) is 33.2 Å². The van der Waals surface area contributed by atoms with E-state index in [1.807, 2.05) is 40.8 Å². The predicted molar refractivity (Wildman–Crippen MR) is 104 cm³/mol. The average Bonchev–Trinajstić information content (AvgIpc) is 3.11. The first kappa shape index (κ1) is 16.1. The number of aryl methyl sites for hydroxylation is 1. The van der Waals surface area contributed by atoms with Crippen LogP contribution in [0.2, 0.25) is 0 Å². The number of benzene rings is 2. The summed E-state index contributed by atoms with van der Waals surface area (Å²) in [5.74, 6) is 2.09. The van der Waals surface area contributed by atoms with Crippen molar-refractivity contribution >= 4 is 22.5 Å². The van der Waals surface area contributed by atoms with Crippen molar-refractivity contribution in [3.63, 3.8) is 0 Å². The first-order chi connectivity index (χ1) is 12.7. The fourth-order valence-corrected chi connectivity index (χ4v) is 3.04. The van der Waals surface area contributed by atoms with E-state index in [0.29, 0.717) is 18.3 Å². The maximum atomic E-state index is 5.51. The number of ether oxygens (including phenoxy) is 1. The highest BCUT2D eigenvalue weighted by molar-refractivity contribution is 5.94.